The van der Waals surface area contributed by atoms with Crippen LogP contribution >= 0.6 is 0 Å². The number of imide groups is 1. The molecule has 1 aromatic carbocycles. The molecule has 1 aromatic rings. The van der Waals surface area contributed by atoms with Gasteiger partial charge in [0.05, 0.1) is 4.90 Å². The number of hydrogen-bond donors (Lipinski definition) is 2. The van der Waals surface area contributed by atoms with Gasteiger partial charge in [0.15, 0.2) is 0 Å². The molecule has 2 aliphatic rings. The van der Waals surface area contributed by atoms with Gasteiger partial charge in [-0.3, -0.25) is 14.9 Å². The summed E-state index contributed by atoms with van der Waals surface area (Å²) in [6.07, 6.45) is 0.324. The van der Waals surface area contributed by atoms with Crippen LogP contribution in [-0.4, -0.2) is 67.7 Å². The maximum absolute atomic E-state index is 13.4. The lowest BCUT2D eigenvalue weighted by Crippen LogP contribution is -2.50. The smallest absolute Gasteiger partial charge is 0.322 e. The molecule has 176 valence electrons. The van der Waals surface area contributed by atoms with Crippen molar-refractivity contribution >= 4 is 27.9 Å². The van der Waals surface area contributed by atoms with Crippen LogP contribution in [0.1, 0.15) is 50.3 Å². The van der Waals surface area contributed by atoms with Crippen LogP contribution in [0.25, 0.3) is 0 Å². The molecule has 0 aromatic heterocycles. The monoisotopic (exact) mass is 464 g/mol. The molecule has 0 saturated carbocycles. The SMILES string of the molecule is Cc1cc(C(C)(C)C)cc(C)c1S(=O)(=O)N1CCN(C(=O)CC[C@@H]2NC(=O)NC2=O)CC1. The van der Waals surface area contributed by atoms with Crippen molar-refractivity contribution < 1.29 is 22.8 Å². The summed E-state index contributed by atoms with van der Waals surface area (Å²) in [5, 5.41) is 4.61. The fourth-order valence-electron chi connectivity index (χ4n) is 4.19. The fraction of sp³-hybridized carbons (Fsp3) is 0.591. The van der Waals surface area contributed by atoms with E-state index in [2.05, 4.69) is 31.4 Å². The quantitative estimate of drug-likeness (QED) is 0.640. The van der Waals surface area contributed by atoms with E-state index in [1.807, 2.05) is 26.0 Å². The van der Waals surface area contributed by atoms with Crippen molar-refractivity contribution in [1.29, 1.82) is 0 Å². The molecule has 2 saturated heterocycles. The molecule has 9 nitrogen and oxygen atoms in total. The lowest BCUT2D eigenvalue weighted by Gasteiger charge is -2.35. The number of piperazine rings is 1. The fourth-order valence-corrected chi connectivity index (χ4v) is 6.02. The summed E-state index contributed by atoms with van der Waals surface area (Å²) >= 11 is 0. The summed E-state index contributed by atoms with van der Waals surface area (Å²) < 4.78 is 28.2. The van der Waals surface area contributed by atoms with Crippen molar-refractivity contribution in [3.8, 4) is 0 Å². The first-order chi connectivity index (χ1) is 14.8. The van der Waals surface area contributed by atoms with Gasteiger partial charge in [-0.05, 0) is 42.4 Å². The maximum atomic E-state index is 13.4. The Balaban J connectivity index is 1.64. The highest BCUT2D eigenvalue weighted by molar-refractivity contribution is 7.89. The number of amides is 4. The summed E-state index contributed by atoms with van der Waals surface area (Å²) in [7, 11) is -3.68. The molecule has 2 aliphatic heterocycles. The van der Waals surface area contributed by atoms with Crippen LogP contribution in [0.15, 0.2) is 17.0 Å². The van der Waals surface area contributed by atoms with E-state index in [1.54, 1.807) is 4.90 Å². The third-order valence-corrected chi connectivity index (χ3v) is 8.23. The molecule has 0 bridgehead atoms. The normalized spacial score (nSPS) is 20.3. The minimum Gasteiger partial charge on any atom is -0.340 e. The summed E-state index contributed by atoms with van der Waals surface area (Å²) in [5.74, 6) is -0.584. The largest absolute Gasteiger partial charge is 0.340 e. The summed E-state index contributed by atoms with van der Waals surface area (Å²) in [6, 6.07) is 2.64. The minimum absolute atomic E-state index is 0.0776. The van der Waals surface area contributed by atoms with E-state index in [-0.39, 0.29) is 37.3 Å². The van der Waals surface area contributed by atoms with Gasteiger partial charge >= 0.3 is 6.03 Å². The molecule has 0 spiro atoms. The van der Waals surface area contributed by atoms with Gasteiger partial charge in [0, 0.05) is 32.6 Å². The zero-order valence-electron chi connectivity index (χ0n) is 19.3. The number of hydrogen-bond acceptors (Lipinski definition) is 5. The van der Waals surface area contributed by atoms with E-state index in [4.69, 9.17) is 0 Å². The van der Waals surface area contributed by atoms with Crippen LogP contribution in [-0.2, 0) is 25.0 Å². The standard InChI is InChI=1S/C22H32N4O5S/c1-14-12-16(22(3,4)5)13-15(2)19(14)32(30,31)26-10-8-25(9-11-26)18(27)7-6-17-20(28)24-21(29)23-17/h12-13,17H,6-11H2,1-5H3,(H2,23,24,28,29)/t17-/m0/s1. The molecule has 4 amide bonds. The lowest BCUT2D eigenvalue weighted by molar-refractivity contribution is -0.132. The molecule has 3 rings (SSSR count). The van der Waals surface area contributed by atoms with Crippen molar-refractivity contribution in [2.24, 2.45) is 0 Å². The third kappa shape index (κ3) is 4.96. The topological polar surface area (TPSA) is 116 Å². The van der Waals surface area contributed by atoms with Crippen molar-refractivity contribution in [2.45, 2.75) is 63.8 Å². The number of carbonyl (C=O) groups excluding carboxylic acids is 3. The van der Waals surface area contributed by atoms with E-state index in [0.717, 1.165) is 16.7 Å². The van der Waals surface area contributed by atoms with Crippen molar-refractivity contribution in [3.05, 3.63) is 28.8 Å². The Bertz CT molecular complexity index is 1010. The Hall–Kier alpha value is -2.46. The molecule has 0 radical (unpaired) electrons. The molecule has 0 aliphatic carbocycles. The molecule has 32 heavy (non-hydrogen) atoms. The van der Waals surface area contributed by atoms with E-state index >= 15 is 0 Å². The van der Waals surface area contributed by atoms with Crippen molar-refractivity contribution in [2.75, 3.05) is 26.2 Å². The number of sulfonamides is 1. The summed E-state index contributed by atoms with van der Waals surface area (Å²) in [6.45, 7) is 11.0. The highest BCUT2D eigenvalue weighted by Crippen LogP contribution is 2.31. The van der Waals surface area contributed by atoms with E-state index in [9.17, 15) is 22.8 Å². The number of nitrogens with zero attached hydrogens (tertiary/aromatic N) is 2. The number of aryl methyl sites for hydroxylation is 2. The second-order valence-electron chi connectivity index (χ2n) is 9.53. The van der Waals surface area contributed by atoms with Gasteiger partial charge in [-0.2, -0.15) is 4.31 Å². The Morgan fingerprint density at radius 2 is 1.62 bits per heavy atom. The molecule has 1 atom stereocenters. The van der Waals surface area contributed by atoms with Gasteiger partial charge in [0.1, 0.15) is 6.04 Å². The van der Waals surface area contributed by atoms with Gasteiger partial charge in [-0.25, -0.2) is 13.2 Å². The zero-order chi connectivity index (χ0) is 23.8. The minimum atomic E-state index is -3.68. The molecule has 2 N–H and O–H groups in total. The molecular formula is C22H32N4O5S. The first-order valence-corrected chi connectivity index (χ1v) is 12.3. The molecule has 10 heteroatoms. The Morgan fingerprint density at radius 1 is 1.06 bits per heavy atom. The predicted octanol–water partition coefficient (Wildman–Crippen LogP) is 1.42. The maximum Gasteiger partial charge on any atom is 0.322 e. The van der Waals surface area contributed by atoms with Gasteiger partial charge < -0.3 is 10.2 Å². The molecular weight excluding hydrogens is 432 g/mol. The highest BCUT2D eigenvalue weighted by atomic mass is 32.2. The highest BCUT2D eigenvalue weighted by Gasteiger charge is 2.34. The first-order valence-electron chi connectivity index (χ1n) is 10.8. The van der Waals surface area contributed by atoms with Crippen LogP contribution in [0.2, 0.25) is 0 Å². The Labute approximate surface area is 189 Å². The molecule has 2 heterocycles. The van der Waals surface area contributed by atoms with E-state index in [1.165, 1.54) is 4.31 Å². The predicted molar refractivity (Wildman–Crippen MR) is 120 cm³/mol. The van der Waals surface area contributed by atoms with Crippen LogP contribution in [0, 0.1) is 13.8 Å². The van der Waals surface area contributed by atoms with Crippen LogP contribution in [0.3, 0.4) is 0 Å². The van der Waals surface area contributed by atoms with Crippen LogP contribution in [0.4, 0.5) is 4.79 Å². The van der Waals surface area contributed by atoms with Gasteiger partial charge in [-0.15, -0.1) is 0 Å². The van der Waals surface area contributed by atoms with Crippen LogP contribution < -0.4 is 10.6 Å². The number of nitrogens with one attached hydrogen (secondary N) is 2. The van der Waals surface area contributed by atoms with E-state index in [0.29, 0.717) is 18.0 Å². The lowest BCUT2D eigenvalue weighted by atomic mass is 9.85. The summed E-state index contributed by atoms with van der Waals surface area (Å²) in [4.78, 5) is 37.2. The summed E-state index contributed by atoms with van der Waals surface area (Å²) in [5.41, 5.74) is 2.47. The van der Waals surface area contributed by atoms with Crippen molar-refractivity contribution in [1.82, 2.24) is 19.8 Å². The Morgan fingerprint density at radius 3 is 2.09 bits per heavy atom. The zero-order valence-corrected chi connectivity index (χ0v) is 20.1. The average molecular weight is 465 g/mol. The second kappa shape index (κ2) is 8.82. The molecule has 0 unspecified atom stereocenters. The number of rotatable bonds is 5. The van der Waals surface area contributed by atoms with Gasteiger partial charge in [-0.1, -0.05) is 32.9 Å². The number of carbonyl (C=O) groups is 3. The average Bonchev–Trinajstić information content (AvgIpc) is 3.01. The number of benzene rings is 1. The second-order valence-corrected chi connectivity index (χ2v) is 11.4. The number of urea groups is 1. The van der Waals surface area contributed by atoms with Crippen LogP contribution in [0.5, 0.6) is 0 Å². The van der Waals surface area contributed by atoms with Crippen molar-refractivity contribution in [3.63, 3.8) is 0 Å². The third-order valence-electron chi connectivity index (χ3n) is 6.02. The first kappa shape index (κ1) is 24.2. The molecule has 2 fully saturated rings. The van der Waals surface area contributed by atoms with Gasteiger partial charge in [0.2, 0.25) is 15.9 Å². The Kier molecular flexibility index (Phi) is 6.67. The van der Waals surface area contributed by atoms with Gasteiger partial charge in [0.25, 0.3) is 5.91 Å². The van der Waals surface area contributed by atoms with E-state index < -0.39 is 28.0 Å².